The monoisotopic (exact) mass is 187 g/mol. The highest BCUT2D eigenvalue weighted by molar-refractivity contribution is 6.25. The minimum Gasteiger partial charge on any atom is -0.313 e. The van der Waals surface area contributed by atoms with Crippen molar-refractivity contribution in [3.8, 4) is 0 Å². The first-order chi connectivity index (χ1) is 5.71. The van der Waals surface area contributed by atoms with Crippen molar-refractivity contribution in [1.82, 2.24) is 5.32 Å². The van der Waals surface area contributed by atoms with E-state index in [1.54, 1.807) is 5.54 Å². The Labute approximate surface area is 80.2 Å². The maximum atomic E-state index is 5.41. The van der Waals surface area contributed by atoms with Gasteiger partial charge in [-0.15, -0.1) is 0 Å². The Morgan fingerprint density at radius 3 is 2.58 bits per heavy atom. The molecule has 1 aliphatic rings. The molecule has 1 rings (SSSR count). The van der Waals surface area contributed by atoms with E-state index < -0.39 is 0 Å². The molecule has 0 bridgehead atoms. The predicted octanol–water partition coefficient (Wildman–Crippen LogP) is 2.76. The summed E-state index contributed by atoms with van der Waals surface area (Å²) in [4.78, 5) is 0. The van der Waals surface area contributed by atoms with Gasteiger partial charge in [0.15, 0.2) is 0 Å². The van der Waals surface area contributed by atoms with E-state index in [9.17, 15) is 0 Å². The average molecular weight is 188 g/mol. The maximum absolute atomic E-state index is 5.41. The molecule has 1 saturated carbocycles. The van der Waals surface area contributed by atoms with Gasteiger partial charge < -0.3 is 5.32 Å². The Morgan fingerprint density at radius 1 is 1.50 bits per heavy atom. The number of nitrogens with one attached hydrogen (secondary N) is 1. The van der Waals surface area contributed by atoms with Crippen LogP contribution in [0.15, 0.2) is 11.6 Å². The van der Waals surface area contributed by atoms with Crippen molar-refractivity contribution < 1.29 is 0 Å². The van der Waals surface area contributed by atoms with E-state index in [1.807, 2.05) is 6.08 Å². The Bertz CT molecular complexity index is 159. The van der Waals surface area contributed by atoms with E-state index >= 15 is 0 Å². The molecule has 1 aliphatic carbocycles. The van der Waals surface area contributed by atoms with E-state index in [4.69, 9.17) is 11.6 Å². The van der Waals surface area contributed by atoms with Crippen molar-refractivity contribution in [3.63, 3.8) is 0 Å². The van der Waals surface area contributed by atoms with Gasteiger partial charge in [-0.25, -0.2) is 0 Å². The zero-order chi connectivity index (χ0) is 9.03. The van der Waals surface area contributed by atoms with Gasteiger partial charge >= 0.3 is 0 Å². The molecule has 1 fully saturated rings. The topological polar surface area (TPSA) is 12.0 Å². The summed E-state index contributed by atoms with van der Waals surface area (Å²) in [5.41, 5.74) is 2.18. The van der Waals surface area contributed by atoms with Crippen molar-refractivity contribution in [3.05, 3.63) is 11.6 Å². The highest BCUT2D eigenvalue weighted by Crippen LogP contribution is 2.51. The highest BCUT2D eigenvalue weighted by atomic mass is 35.5. The molecule has 0 aliphatic heterocycles. The second kappa shape index (κ2) is 4.29. The third-order valence-corrected chi connectivity index (χ3v) is 3.12. The fourth-order valence-electron chi connectivity index (χ4n) is 1.57. The van der Waals surface area contributed by atoms with E-state index in [-0.39, 0.29) is 0 Å². The second-order valence-corrected chi connectivity index (χ2v) is 4.26. The first-order valence-corrected chi connectivity index (χ1v) is 5.11. The van der Waals surface area contributed by atoms with Crippen LogP contribution >= 0.6 is 11.6 Å². The van der Waals surface area contributed by atoms with Crippen molar-refractivity contribution >= 4 is 11.6 Å². The van der Waals surface area contributed by atoms with Gasteiger partial charge in [0, 0.05) is 18.6 Å². The Kier molecular flexibility index (Phi) is 3.60. The molecule has 0 atom stereocenters. The Morgan fingerprint density at radius 2 is 2.17 bits per heavy atom. The summed E-state index contributed by atoms with van der Waals surface area (Å²) in [7, 11) is 0. The third kappa shape index (κ3) is 2.49. The normalized spacial score (nSPS) is 20.7. The van der Waals surface area contributed by atoms with Crippen LogP contribution < -0.4 is 5.32 Å². The summed E-state index contributed by atoms with van der Waals surface area (Å²) >= 11 is 5.41. The van der Waals surface area contributed by atoms with Crippen LogP contribution in [0.2, 0.25) is 0 Å². The quantitative estimate of drug-likeness (QED) is 0.653. The number of hydrogen-bond acceptors (Lipinski definition) is 1. The number of hydrogen-bond donors (Lipinski definition) is 1. The fourth-order valence-corrected chi connectivity index (χ4v) is 1.66. The molecule has 0 aromatic carbocycles. The fraction of sp³-hybridized carbons (Fsp3) is 0.800. The highest BCUT2D eigenvalue weighted by Gasteiger charge is 2.44. The summed E-state index contributed by atoms with van der Waals surface area (Å²) < 4.78 is 0. The number of halogens is 1. The SMILES string of the molecule is CC(C)C1(CNC/C=C/Cl)CC1. The molecule has 1 nitrogen and oxygen atoms in total. The Hall–Kier alpha value is -0.0100. The minimum atomic E-state index is 0.611. The van der Waals surface area contributed by atoms with Crippen LogP contribution in [-0.2, 0) is 0 Å². The summed E-state index contributed by atoms with van der Waals surface area (Å²) in [6.07, 6.45) is 4.72. The van der Waals surface area contributed by atoms with E-state index in [2.05, 4.69) is 19.2 Å². The minimum absolute atomic E-state index is 0.611. The molecule has 1 N–H and O–H groups in total. The second-order valence-electron chi connectivity index (χ2n) is 4.01. The van der Waals surface area contributed by atoms with E-state index in [1.165, 1.54) is 12.8 Å². The van der Waals surface area contributed by atoms with Gasteiger partial charge in [0.2, 0.25) is 0 Å². The van der Waals surface area contributed by atoms with Crippen LogP contribution in [0, 0.1) is 11.3 Å². The first-order valence-electron chi connectivity index (χ1n) is 4.67. The van der Waals surface area contributed by atoms with Gasteiger partial charge in [0.1, 0.15) is 0 Å². The molecule has 12 heavy (non-hydrogen) atoms. The molecule has 2 heteroatoms. The zero-order valence-electron chi connectivity index (χ0n) is 7.94. The lowest BCUT2D eigenvalue weighted by molar-refractivity contribution is 0.344. The molecule has 0 heterocycles. The van der Waals surface area contributed by atoms with Crippen LogP contribution in [0.25, 0.3) is 0 Å². The molecule has 70 valence electrons. The smallest absolute Gasteiger partial charge is 0.0146 e. The molecular weight excluding hydrogens is 170 g/mol. The zero-order valence-corrected chi connectivity index (χ0v) is 8.69. The van der Waals surface area contributed by atoms with E-state index in [0.29, 0.717) is 5.41 Å². The molecule has 0 unspecified atom stereocenters. The molecule has 0 radical (unpaired) electrons. The standard InChI is InChI=1S/C10H18ClN/c1-9(2)10(4-5-10)8-12-7-3-6-11/h3,6,9,12H,4-5,7-8H2,1-2H3/b6-3+. The first kappa shape index (κ1) is 10.1. The van der Waals surface area contributed by atoms with Crippen LogP contribution in [0.1, 0.15) is 26.7 Å². The van der Waals surface area contributed by atoms with Crippen molar-refractivity contribution in [2.75, 3.05) is 13.1 Å². The maximum Gasteiger partial charge on any atom is 0.0146 e. The molecular formula is C10H18ClN. The molecule has 0 aromatic heterocycles. The van der Waals surface area contributed by atoms with E-state index in [0.717, 1.165) is 19.0 Å². The molecule has 0 amide bonds. The average Bonchev–Trinajstić information content (AvgIpc) is 2.79. The lowest BCUT2D eigenvalue weighted by Crippen LogP contribution is -2.27. The van der Waals surface area contributed by atoms with Crippen molar-refractivity contribution in [2.45, 2.75) is 26.7 Å². The summed E-state index contributed by atoms with van der Waals surface area (Å²) in [5.74, 6) is 0.810. The third-order valence-electron chi connectivity index (χ3n) is 2.95. The lowest BCUT2D eigenvalue weighted by Gasteiger charge is -2.19. The molecule has 0 saturated heterocycles. The van der Waals surface area contributed by atoms with Crippen LogP contribution in [-0.4, -0.2) is 13.1 Å². The van der Waals surface area contributed by atoms with Crippen molar-refractivity contribution in [2.24, 2.45) is 11.3 Å². The van der Waals surface area contributed by atoms with Crippen LogP contribution in [0.5, 0.6) is 0 Å². The van der Waals surface area contributed by atoms with Gasteiger partial charge in [-0.05, 0) is 24.2 Å². The molecule has 0 spiro atoms. The van der Waals surface area contributed by atoms with Crippen LogP contribution in [0.4, 0.5) is 0 Å². The van der Waals surface area contributed by atoms with Gasteiger partial charge in [-0.2, -0.15) is 0 Å². The predicted molar refractivity (Wildman–Crippen MR) is 54.4 cm³/mol. The van der Waals surface area contributed by atoms with Gasteiger partial charge in [-0.1, -0.05) is 31.5 Å². The van der Waals surface area contributed by atoms with Crippen LogP contribution in [0.3, 0.4) is 0 Å². The summed E-state index contributed by atoms with van der Waals surface area (Å²) in [6, 6.07) is 0. The van der Waals surface area contributed by atoms with Gasteiger partial charge in [-0.3, -0.25) is 0 Å². The summed E-state index contributed by atoms with van der Waals surface area (Å²) in [5, 5.41) is 3.40. The van der Waals surface area contributed by atoms with Crippen molar-refractivity contribution in [1.29, 1.82) is 0 Å². The molecule has 0 aromatic rings. The van der Waals surface area contributed by atoms with Gasteiger partial charge in [0.05, 0.1) is 0 Å². The number of rotatable bonds is 5. The van der Waals surface area contributed by atoms with Gasteiger partial charge in [0.25, 0.3) is 0 Å². The lowest BCUT2D eigenvalue weighted by atomic mass is 9.92. The summed E-state index contributed by atoms with van der Waals surface area (Å²) in [6.45, 7) is 6.67. The Balaban J connectivity index is 2.14. The largest absolute Gasteiger partial charge is 0.313 e.